The molecule has 0 fully saturated rings. The molecule has 0 radical (unpaired) electrons. The summed E-state index contributed by atoms with van der Waals surface area (Å²) in [5.74, 6) is 0.323. The number of hydrogen-bond acceptors (Lipinski definition) is 3. The molecular formula is C15H26FIN4O2S. The highest BCUT2D eigenvalue weighted by Gasteiger charge is 2.13. The maximum atomic E-state index is 13.1. The Morgan fingerprint density at radius 1 is 1.33 bits per heavy atom. The van der Waals surface area contributed by atoms with Crippen molar-refractivity contribution in [2.24, 2.45) is 4.99 Å². The summed E-state index contributed by atoms with van der Waals surface area (Å²) in [4.78, 5) is 4.08. The fourth-order valence-corrected chi connectivity index (χ4v) is 3.00. The molecule has 0 saturated heterocycles. The van der Waals surface area contributed by atoms with E-state index >= 15 is 0 Å². The fraction of sp³-hybridized carbons (Fsp3) is 0.533. The first kappa shape index (κ1) is 23.1. The van der Waals surface area contributed by atoms with Gasteiger partial charge in [-0.25, -0.2) is 17.1 Å². The molecule has 0 unspecified atom stereocenters. The lowest BCUT2D eigenvalue weighted by Crippen LogP contribution is -2.39. The van der Waals surface area contributed by atoms with Crippen LogP contribution >= 0.6 is 24.0 Å². The maximum absolute atomic E-state index is 13.1. The Morgan fingerprint density at radius 2 is 2.04 bits per heavy atom. The molecule has 0 spiro atoms. The Bertz CT molecular complexity index is 626. The molecule has 1 aromatic rings. The molecule has 6 nitrogen and oxygen atoms in total. The second-order valence-electron chi connectivity index (χ2n) is 5.09. The van der Waals surface area contributed by atoms with Gasteiger partial charge in [0.05, 0.1) is 6.26 Å². The smallest absolute Gasteiger partial charge is 0.211 e. The molecule has 0 heterocycles. The van der Waals surface area contributed by atoms with Crippen molar-refractivity contribution in [3.05, 3.63) is 35.6 Å². The van der Waals surface area contributed by atoms with E-state index < -0.39 is 10.0 Å². The molecule has 0 saturated carbocycles. The third-order valence-electron chi connectivity index (χ3n) is 3.27. The molecule has 0 aliphatic heterocycles. The minimum Gasteiger partial charge on any atom is -0.356 e. The van der Waals surface area contributed by atoms with Gasteiger partial charge in [-0.3, -0.25) is 4.99 Å². The Hall–Kier alpha value is -0.940. The van der Waals surface area contributed by atoms with Crippen LogP contribution < -0.4 is 10.6 Å². The number of rotatable bonds is 8. The van der Waals surface area contributed by atoms with Gasteiger partial charge in [0, 0.05) is 33.2 Å². The van der Waals surface area contributed by atoms with E-state index in [0.717, 1.165) is 5.56 Å². The lowest BCUT2D eigenvalue weighted by Gasteiger charge is -2.18. The topological polar surface area (TPSA) is 73.8 Å². The maximum Gasteiger partial charge on any atom is 0.211 e. The first-order chi connectivity index (χ1) is 10.9. The average molecular weight is 472 g/mol. The summed E-state index contributed by atoms with van der Waals surface area (Å²) in [5.41, 5.74) is 0.821. The quantitative estimate of drug-likeness (QED) is 0.262. The second kappa shape index (κ2) is 11.6. The zero-order valence-electron chi connectivity index (χ0n) is 14.3. The number of sulfonamides is 1. The van der Waals surface area contributed by atoms with E-state index in [1.54, 1.807) is 13.1 Å². The van der Waals surface area contributed by atoms with Crippen LogP contribution in [0.15, 0.2) is 29.3 Å². The highest BCUT2D eigenvalue weighted by atomic mass is 127. The molecule has 0 aliphatic rings. The first-order valence-electron chi connectivity index (χ1n) is 7.51. The van der Waals surface area contributed by atoms with Crippen molar-refractivity contribution < 1.29 is 12.8 Å². The molecule has 0 bridgehead atoms. The molecule has 1 aromatic carbocycles. The van der Waals surface area contributed by atoms with E-state index in [0.29, 0.717) is 38.6 Å². The summed E-state index contributed by atoms with van der Waals surface area (Å²) in [6.07, 6.45) is 1.88. The summed E-state index contributed by atoms with van der Waals surface area (Å²) < 4.78 is 37.5. The summed E-state index contributed by atoms with van der Waals surface area (Å²) >= 11 is 0. The van der Waals surface area contributed by atoms with Crippen LogP contribution in [-0.4, -0.2) is 51.6 Å². The molecule has 0 amide bonds. The van der Waals surface area contributed by atoms with Crippen molar-refractivity contribution in [2.75, 3.05) is 32.9 Å². The minimum absolute atomic E-state index is 0. The Balaban J connectivity index is 0.00000529. The van der Waals surface area contributed by atoms with Gasteiger partial charge in [0.25, 0.3) is 0 Å². The minimum atomic E-state index is -3.15. The SMILES string of the molecule is CCN(CCCNC(=NC)NCc1cccc(F)c1)S(C)(=O)=O.I. The van der Waals surface area contributed by atoms with Gasteiger partial charge < -0.3 is 10.6 Å². The van der Waals surface area contributed by atoms with Gasteiger partial charge in [0.2, 0.25) is 10.0 Å². The van der Waals surface area contributed by atoms with E-state index in [-0.39, 0.29) is 29.8 Å². The lowest BCUT2D eigenvalue weighted by molar-refractivity contribution is 0.424. The summed E-state index contributed by atoms with van der Waals surface area (Å²) in [6, 6.07) is 6.35. The van der Waals surface area contributed by atoms with E-state index in [9.17, 15) is 12.8 Å². The first-order valence-corrected chi connectivity index (χ1v) is 9.35. The van der Waals surface area contributed by atoms with Gasteiger partial charge >= 0.3 is 0 Å². The Morgan fingerprint density at radius 3 is 2.58 bits per heavy atom. The summed E-state index contributed by atoms with van der Waals surface area (Å²) in [7, 11) is -1.50. The lowest BCUT2D eigenvalue weighted by atomic mass is 10.2. The van der Waals surface area contributed by atoms with Crippen molar-refractivity contribution in [2.45, 2.75) is 19.9 Å². The van der Waals surface area contributed by atoms with Crippen LogP contribution in [0.1, 0.15) is 18.9 Å². The molecule has 1 rings (SSSR count). The van der Waals surface area contributed by atoms with Crippen LogP contribution in [0.25, 0.3) is 0 Å². The van der Waals surface area contributed by atoms with Crippen LogP contribution in [0.2, 0.25) is 0 Å². The van der Waals surface area contributed by atoms with E-state index in [4.69, 9.17) is 0 Å². The molecule has 0 aliphatic carbocycles. The number of hydrogen-bond donors (Lipinski definition) is 2. The zero-order valence-corrected chi connectivity index (χ0v) is 17.4. The van der Waals surface area contributed by atoms with Crippen molar-refractivity contribution in [3.63, 3.8) is 0 Å². The van der Waals surface area contributed by atoms with Crippen LogP contribution in [0, 0.1) is 5.82 Å². The van der Waals surface area contributed by atoms with Crippen molar-refractivity contribution in [1.82, 2.24) is 14.9 Å². The Kier molecular flexibility index (Phi) is 11.1. The monoisotopic (exact) mass is 472 g/mol. The number of aliphatic imine (C=N–C) groups is 1. The average Bonchev–Trinajstić information content (AvgIpc) is 2.49. The van der Waals surface area contributed by atoms with Gasteiger partial charge in [-0.05, 0) is 24.1 Å². The normalized spacial score (nSPS) is 12.0. The number of nitrogens with zero attached hydrogens (tertiary/aromatic N) is 2. The molecule has 138 valence electrons. The number of nitrogens with one attached hydrogen (secondary N) is 2. The summed E-state index contributed by atoms with van der Waals surface area (Å²) in [6.45, 7) is 3.79. The van der Waals surface area contributed by atoms with Gasteiger partial charge in [-0.15, -0.1) is 24.0 Å². The largest absolute Gasteiger partial charge is 0.356 e. The zero-order chi connectivity index (χ0) is 17.3. The molecule has 0 aromatic heterocycles. The van der Waals surface area contributed by atoms with Gasteiger partial charge in [-0.2, -0.15) is 0 Å². The highest BCUT2D eigenvalue weighted by molar-refractivity contribution is 14.0. The van der Waals surface area contributed by atoms with E-state index in [1.165, 1.54) is 22.7 Å². The van der Waals surface area contributed by atoms with Crippen molar-refractivity contribution >= 4 is 40.0 Å². The molecule has 24 heavy (non-hydrogen) atoms. The third kappa shape index (κ3) is 8.78. The van der Waals surface area contributed by atoms with E-state index in [1.807, 2.05) is 13.0 Å². The second-order valence-corrected chi connectivity index (χ2v) is 7.07. The van der Waals surface area contributed by atoms with Crippen LogP contribution in [0.4, 0.5) is 4.39 Å². The molecule has 2 N–H and O–H groups in total. The van der Waals surface area contributed by atoms with Crippen LogP contribution in [0.3, 0.4) is 0 Å². The molecule has 9 heteroatoms. The number of benzene rings is 1. The van der Waals surface area contributed by atoms with Crippen molar-refractivity contribution in [3.8, 4) is 0 Å². The number of guanidine groups is 1. The summed E-state index contributed by atoms with van der Waals surface area (Å²) in [5, 5.41) is 6.19. The Labute approximate surface area is 161 Å². The van der Waals surface area contributed by atoms with Crippen LogP contribution in [-0.2, 0) is 16.6 Å². The van der Waals surface area contributed by atoms with Crippen LogP contribution in [0.5, 0.6) is 0 Å². The van der Waals surface area contributed by atoms with Gasteiger partial charge in [0.1, 0.15) is 5.82 Å². The van der Waals surface area contributed by atoms with Gasteiger partial charge in [-0.1, -0.05) is 19.1 Å². The molecular weight excluding hydrogens is 446 g/mol. The van der Waals surface area contributed by atoms with E-state index in [2.05, 4.69) is 15.6 Å². The predicted molar refractivity (Wildman–Crippen MR) is 107 cm³/mol. The predicted octanol–water partition coefficient (Wildman–Crippen LogP) is 1.78. The third-order valence-corrected chi connectivity index (χ3v) is 4.65. The molecule has 0 atom stereocenters. The fourth-order valence-electron chi connectivity index (χ4n) is 2.07. The number of halogens is 2. The highest BCUT2D eigenvalue weighted by Crippen LogP contribution is 2.02. The van der Waals surface area contributed by atoms with Crippen molar-refractivity contribution in [1.29, 1.82) is 0 Å². The van der Waals surface area contributed by atoms with Gasteiger partial charge in [0.15, 0.2) is 5.96 Å². The standard InChI is InChI=1S/C15H25FN4O2S.HI/c1-4-20(23(3,21)22)10-6-9-18-15(17-2)19-12-13-7-5-8-14(16)11-13;/h5,7-8,11H,4,6,9-10,12H2,1-3H3,(H2,17,18,19);1H.